The molecule has 2 rings (SSSR count). The van der Waals surface area contributed by atoms with Crippen LogP contribution in [-0.2, 0) is 0 Å². The van der Waals surface area contributed by atoms with E-state index in [1.807, 2.05) is 13.8 Å². The van der Waals surface area contributed by atoms with Gasteiger partial charge in [0.1, 0.15) is 5.52 Å². The number of aromatic nitrogens is 4. The average Bonchev–Trinajstić information content (AvgIpc) is 2.78. The van der Waals surface area contributed by atoms with E-state index in [0.29, 0.717) is 23.8 Å². The highest BCUT2D eigenvalue weighted by molar-refractivity contribution is 5.83. The minimum absolute atomic E-state index is 0.130. The van der Waals surface area contributed by atoms with Crippen LogP contribution in [0.4, 0.5) is 11.8 Å². The lowest BCUT2D eigenvalue weighted by atomic mass is 10.2. The molecule has 0 spiro atoms. The van der Waals surface area contributed by atoms with Gasteiger partial charge in [0.05, 0.1) is 6.33 Å². The quantitative estimate of drug-likeness (QED) is 0.609. The largest absolute Gasteiger partial charge is 0.396 e. The first-order valence-electron chi connectivity index (χ1n) is 6.07. The summed E-state index contributed by atoms with van der Waals surface area (Å²) in [5, 5.41) is 15.2. The Balaban J connectivity index is 2.31. The highest BCUT2D eigenvalue weighted by Gasteiger charge is 2.11. The second-order valence-electron chi connectivity index (χ2n) is 4.08. The van der Waals surface area contributed by atoms with E-state index < -0.39 is 0 Å². The highest BCUT2D eigenvalue weighted by atomic mass is 16.3. The maximum absolute atomic E-state index is 8.92. The van der Waals surface area contributed by atoms with E-state index in [1.165, 1.54) is 0 Å². The first kappa shape index (κ1) is 12.6. The van der Waals surface area contributed by atoms with Crippen LogP contribution >= 0.6 is 0 Å². The molecule has 0 aliphatic heterocycles. The van der Waals surface area contributed by atoms with Gasteiger partial charge in [0.2, 0.25) is 5.95 Å². The summed E-state index contributed by atoms with van der Waals surface area (Å²) in [4.78, 5) is 15.8. The van der Waals surface area contributed by atoms with Crippen LogP contribution in [0.2, 0.25) is 0 Å². The van der Waals surface area contributed by atoms with Gasteiger partial charge in [-0.05, 0) is 20.3 Å². The highest BCUT2D eigenvalue weighted by Crippen LogP contribution is 2.19. The number of imidazole rings is 1. The summed E-state index contributed by atoms with van der Waals surface area (Å²) in [6, 6.07) is 0.130. The molecule has 2 aromatic rings. The predicted molar refractivity (Wildman–Crippen MR) is 70.6 cm³/mol. The molecular weight excluding hydrogens is 232 g/mol. The molecule has 7 heteroatoms. The maximum atomic E-state index is 8.92. The number of nitrogens with one attached hydrogen (secondary N) is 3. The number of fused-ring (bicyclic) bond motifs is 1. The molecule has 18 heavy (non-hydrogen) atoms. The zero-order chi connectivity index (χ0) is 13.0. The Hall–Kier alpha value is -1.89. The predicted octanol–water partition coefficient (Wildman–Crippen LogP) is 0.967. The number of aliphatic hydroxyl groups is 1. The van der Waals surface area contributed by atoms with E-state index in [1.54, 1.807) is 6.33 Å². The Morgan fingerprint density at radius 1 is 1.44 bits per heavy atom. The summed E-state index contributed by atoms with van der Waals surface area (Å²) in [5.41, 5.74) is 1.40. The van der Waals surface area contributed by atoms with Gasteiger partial charge in [-0.15, -0.1) is 0 Å². The van der Waals surface area contributed by atoms with Crippen molar-refractivity contribution < 1.29 is 5.11 Å². The van der Waals surface area contributed by atoms with Gasteiger partial charge >= 0.3 is 0 Å². The topological polar surface area (TPSA) is 98.8 Å². The normalized spacial score (nSPS) is 12.6. The summed E-state index contributed by atoms with van der Waals surface area (Å²) in [6.07, 6.45) is 2.26. The van der Waals surface area contributed by atoms with Gasteiger partial charge in [-0.1, -0.05) is 0 Å². The van der Waals surface area contributed by atoms with Crippen LogP contribution in [0.15, 0.2) is 6.33 Å². The molecule has 2 heterocycles. The Bertz CT molecular complexity index is 511. The Morgan fingerprint density at radius 2 is 2.28 bits per heavy atom. The van der Waals surface area contributed by atoms with E-state index in [9.17, 15) is 0 Å². The SMILES string of the molecule is CCNc1nc(NC(C)CCO)c2[nH]cnc2n1. The van der Waals surface area contributed by atoms with Crippen molar-refractivity contribution in [2.24, 2.45) is 0 Å². The van der Waals surface area contributed by atoms with E-state index >= 15 is 0 Å². The first-order valence-corrected chi connectivity index (χ1v) is 6.07. The number of hydrogen-bond acceptors (Lipinski definition) is 6. The molecule has 0 saturated heterocycles. The fourth-order valence-electron chi connectivity index (χ4n) is 1.67. The van der Waals surface area contributed by atoms with Crippen molar-refractivity contribution in [1.29, 1.82) is 0 Å². The number of aromatic amines is 1. The van der Waals surface area contributed by atoms with Crippen molar-refractivity contribution in [2.45, 2.75) is 26.3 Å². The summed E-state index contributed by atoms with van der Waals surface area (Å²) < 4.78 is 0. The van der Waals surface area contributed by atoms with Gasteiger partial charge in [-0.3, -0.25) is 0 Å². The summed E-state index contributed by atoms with van der Waals surface area (Å²) in [5.74, 6) is 1.25. The van der Waals surface area contributed by atoms with Crippen molar-refractivity contribution in [3.05, 3.63) is 6.33 Å². The summed E-state index contributed by atoms with van der Waals surface area (Å²) in [6.45, 7) is 4.88. The molecular formula is C11H18N6O. The molecule has 2 aromatic heterocycles. The third-order valence-electron chi connectivity index (χ3n) is 2.57. The Kier molecular flexibility index (Phi) is 3.93. The molecule has 7 nitrogen and oxygen atoms in total. The third-order valence-corrected chi connectivity index (χ3v) is 2.57. The minimum Gasteiger partial charge on any atom is -0.396 e. The van der Waals surface area contributed by atoms with Crippen molar-refractivity contribution in [1.82, 2.24) is 19.9 Å². The maximum Gasteiger partial charge on any atom is 0.226 e. The number of H-pyrrole nitrogens is 1. The van der Waals surface area contributed by atoms with E-state index in [0.717, 1.165) is 12.1 Å². The fraction of sp³-hybridized carbons (Fsp3) is 0.545. The lowest BCUT2D eigenvalue weighted by Crippen LogP contribution is -2.18. The molecule has 1 unspecified atom stereocenters. The number of anilines is 2. The van der Waals surface area contributed by atoms with Crippen LogP contribution in [0.5, 0.6) is 0 Å². The monoisotopic (exact) mass is 250 g/mol. The van der Waals surface area contributed by atoms with Crippen molar-refractivity contribution in [3.8, 4) is 0 Å². The molecule has 1 atom stereocenters. The van der Waals surface area contributed by atoms with Crippen molar-refractivity contribution in [2.75, 3.05) is 23.8 Å². The zero-order valence-electron chi connectivity index (χ0n) is 10.6. The van der Waals surface area contributed by atoms with Crippen LogP contribution in [0.3, 0.4) is 0 Å². The second kappa shape index (κ2) is 5.63. The van der Waals surface area contributed by atoms with Gasteiger partial charge in [0, 0.05) is 19.2 Å². The molecule has 98 valence electrons. The van der Waals surface area contributed by atoms with E-state index in [4.69, 9.17) is 5.11 Å². The molecule has 0 saturated carbocycles. The number of rotatable bonds is 6. The smallest absolute Gasteiger partial charge is 0.226 e. The molecule has 0 aromatic carbocycles. The molecule has 0 fully saturated rings. The summed E-state index contributed by atoms with van der Waals surface area (Å²) in [7, 11) is 0. The van der Waals surface area contributed by atoms with Gasteiger partial charge < -0.3 is 20.7 Å². The lowest BCUT2D eigenvalue weighted by molar-refractivity contribution is 0.282. The Labute approximate surface area is 105 Å². The number of hydrogen-bond donors (Lipinski definition) is 4. The molecule has 0 aliphatic rings. The molecule has 0 amide bonds. The van der Waals surface area contributed by atoms with Crippen molar-refractivity contribution in [3.63, 3.8) is 0 Å². The lowest BCUT2D eigenvalue weighted by Gasteiger charge is -2.14. The molecule has 4 N–H and O–H groups in total. The fourth-order valence-corrected chi connectivity index (χ4v) is 1.67. The van der Waals surface area contributed by atoms with Gasteiger partial charge in [0.15, 0.2) is 11.5 Å². The van der Waals surface area contributed by atoms with Crippen LogP contribution in [0, 0.1) is 0 Å². The summed E-state index contributed by atoms with van der Waals surface area (Å²) >= 11 is 0. The van der Waals surface area contributed by atoms with Crippen LogP contribution < -0.4 is 10.6 Å². The van der Waals surface area contributed by atoms with E-state index in [2.05, 4.69) is 30.6 Å². The molecule has 0 radical (unpaired) electrons. The van der Waals surface area contributed by atoms with Crippen molar-refractivity contribution >= 4 is 22.9 Å². The second-order valence-corrected chi connectivity index (χ2v) is 4.08. The van der Waals surface area contributed by atoms with Gasteiger partial charge in [-0.25, -0.2) is 4.98 Å². The van der Waals surface area contributed by atoms with Crippen LogP contribution in [-0.4, -0.2) is 44.2 Å². The third kappa shape index (κ3) is 2.67. The first-order chi connectivity index (χ1) is 8.74. The standard InChI is InChI=1S/C11H18N6O/c1-3-12-11-16-9-8(13-6-14-9)10(17-11)15-7(2)4-5-18/h6-7,18H,3-5H2,1-2H3,(H3,12,13,14,15,16,17). The minimum atomic E-state index is 0.130. The van der Waals surface area contributed by atoms with E-state index in [-0.39, 0.29) is 12.6 Å². The Morgan fingerprint density at radius 3 is 3.00 bits per heavy atom. The van der Waals surface area contributed by atoms with Crippen LogP contribution in [0.1, 0.15) is 20.3 Å². The zero-order valence-corrected chi connectivity index (χ0v) is 10.6. The number of aliphatic hydroxyl groups excluding tert-OH is 1. The van der Waals surface area contributed by atoms with Gasteiger partial charge in [0.25, 0.3) is 0 Å². The molecule has 0 aliphatic carbocycles. The van der Waals surface area contributed by atoms with Crippen LogP contribution in [0.25, 0.3) is 11.2 Å². The number of nitrogens with zero attached hydrogens (tertiary/aromatic N) is 3. The molecule has 0 bridgehead atoms. The average molecular weight is 250 g/mol. The van der Waals surface area contributed by atoms with Gasteiger partial charge in [-0.2, -0.15) is 9.97 Å².